The smallest absolute Gasteiger partial charge is 0.326 e. The van der Waals surface area contributed by atoms with Crippen LogP contribution in [0.2, 0.25) is 0 Å². The molecule has 0 aromatic heterocycles. The quantitative estimate of drug-likeness (QED) is 0.135. The van der Waals surface area contributed by atoms with E-state index >= 15 is 0 Å². The number of aliphatic carboxylic acids is 1. The van der Waals surface area contributed by atoms with Gasteiger partial charge in [-0.05, 0) is 51.1 Å². The van der Waals surface area contributed by atoms with Crippen LogP contribution in [0.15, 0.2) is 24.3 Å². The molecule has 1 rings (SSSR count). The van der Waals surface area contributed by atoms with Crippen LogP contribution < -0.4 is 16.0 Å². The number of carboxylic acids is 1. The molecule has 3 amide bonds. The zero-order valence-electron chi connectivity index (χ0n) is 16.4. The van der Waals surface area contributed by atoms with Gasteiger partial charge in [0.15, 0.2) is 0 Å². The first-order chi connectivity index (χ1) is 13.4. The van der Waals surface area contributed by atoms with Crippen LogP contribution in [0, 0.1) is 6.92 Å². The summed E-state index contributed by atoms with van der Waals surface area (Å²) in [5.74, 6) is -1.92. The molecule has 1 aromatic carbocycles. The predicted molar refractivity (Wildman–Crippen MR) is 104 cm³/mol. The molecule has 166 valence electrons. The van der Waals surface area contributed by atoms with Crippen LogP contribution in [0.5, 0.6) is 0 Å². The topological polar surface area (TPSA) is 125 Å². The largest absolute Gasteiger partial charge is 0.530 e. The minimum Gasteiger partial charge on any atom is -0.530 e. The summed E-state index contributed by atoms with van der Waals surface area (Å²) in [5.41, 5.74) is 2.34. The Labute approximate surface area is 165 Å². The van der Waals surface area contributed by atoms with E-state index in [-0.39, 0.29) is 18.9 Å². The summed E-state index contributed by atoms with van der Waals surface area (Å²) in [6.45, 7) is 2.16. The number of unbranched alkanes of at least 4 members (excludes halogenated alkanes) is 1. The average Bonchev–Trinajstić information content (AvgIpc) is 2.66. The molecule has 0 bridgehead atoms. The van der Waals surface area contributed by atoms with Crippen molar-refractivity contribution < 1.29 is 24.3 Å². The van der Waals surface area contributed by atoms with Crippen molar-refractivity contribution in [3.05, 3.63) is 35.4 Å². The molecule has 4 N–H and O–H groups in total. The molecule has 0 aliphatic rings. The van der Waals surface area contributed by atoms with Crippen molar-refractivity contribution in [2.75, 3.05) is 13.1 Å². The number of carbonyl (C=O) groups excluding carboxylic acids is 3. The van der Waals surface area contributed by atoms with E-state index in [1.807, 2.05) is 31.2 Å². The Balaban J connectivity index is 0.00000784. The molecule has 0 aliphatic heterocycles. The summed E-state index contributed by atoms with van der Waals surface area (Å²) in [5, 5.41) is 16.4. The summed E-state index contributed by atoms with van der Waals surface area (Å²) < 4.78 is 0. The van der Waals surface area contributed by atoms with Gasteiger partial charge in [-0.3, -0.25) is 9.59 Å². The van der Waals surface area contributed by atoms with Crippen molar-refractivity contribution in [3.63, 3.8) is 0 Å². The third kappa shape index (κ3) is 11.4. The number of hydrogen-bond acceptors (Lipinski definition) is 4. The number of carboxylic acid groups (broad SMARTS) is 1. The van der Waals surface area contributed by atoms with Gasteiger partial charge in [-0.2, -0.15) is 6.41 Å². The molecule has 0 aliphatic carbocycles. The summed E-state index contributed by atoms with van der Waals surface area (Å²) in [7, 11) is 0. The van der Waals surface area contributed by atoms with Gasteiger partial charge in [-0.15, -0.1) is 0 Å². The van der Waals surface area contributed by atoms with Gasteiger partial charge in [0.25, 0.3) is 0 Å². The number of carbonyl (C=O) groups is 3. The van der Waals surface area contributed by atoms with Crippen molar-refractivity contribution in [2.24, 2.45) is 0 Å². The van der Waals surface area contributed by atoms with Gasteiger partial charge in [-0.1, -0.05) is 29.8 Å². The van der Waals surface area contributed by atoms with Gasteiger partial charge in [0, 0.05) is 6.42 Å². The summed E-state index contributed by atoms with van der Waals surface area (Å²) in [6, 6.07) is 7.08. The summed E-state index contributed by atoms with van der Waals surface area (Å²) >= 11 is 0. The zero-order valence-corrected chi connectivity index (χ0v) is 18.8. The molecule has 9 heteroatoms. The molecule has 0 fully saturated rings. The van der Waals surface area contributed by atoms with Crippen LogP contribution in [-0.4, -0.2) is 48.4 Å². The SMILES string of the molecule is Cc1ccc(CCCC(=O)NCC(=O)NC(CCCCN[C-]=O)C(=O)O)cc1.[Fm]. The van der Waals surface area contributed by atoms with E-state index in [0.29, 0.717) is 32.2 Å². The van der Waals surface area contributed by atoms with Crippen LogP contribution in [0.1, 0.15) is 43.2 Å². The molecule has 1 unspecified atom stereocenters. The maximum Gasteiger partial charge on any atom is 0.326 e. The fraction of sp³-hybridized carbons (Fsp3) is 0.500. The first-order valence-corrected chi connectivity index (χ1v) is 9.36. The van der Waals surface area contributed by atoms with E-state index in [9.17, 15) is 19.2 Å². The number of benzene rings is 1. The summed E-state index contributed by atoms with van der Waals surface area (Å²) in [6.07, 6.45) is 4.63. The van der Waals surface area contributed by atoms with Crippen molar-refractivity contribution >= 4 is 24.2 Å². The molecule has 1 atom stereocenters. The second-order valence-electron chi connectivity index (χ2n) is 6.60. The van der Waals surface area contributed by atoms with Gasteiger partial charge in [0.2, 0.25) is 11.8 Å². The average molecular weight is 647 g/mol. The van der Waals surface area contributed by atoms with Crippen molar-refractivity contribution in [1.29, 1.82) is 0 Å². The van der Waals surface area contributed by atoms with Gasteiger partial charge in [0.1, 0.15) is 6.04 Å². The molecule has 0 radical (unpaired) electrons. The molecule has 0 heterocycles. The van der Waals surface area contributed by atoms with Gasteiger partial charge >= 0.3 is 5.97 Å². The monoisotopic (exact) mass is 647 g/mol. The van der Waals surface area contributed by atoms with Gasteiger partial charge in [0.05, 0.1) is 6.54 Å². The van der Waals surface area contributed by atoms with E-state index in [4.69, 9.17) is 5.11 Å². The van der Waals surface area contributed by atoms with Crippen LogP contribution in [0.25, 0.3) is 0 Å². The van der Waals surface area contributed by atoms with Crippen molar-refractivity contribution in [3.8, 4) is 0 Å². The van der Waals surface area contributed by atoms with Crippen LogP contribution in [0.3, 0.4) is 0 Å². The normalized spacial score (nSPS) is 10.9. The molecule has 0 saturated heterocycles. The van der Waals surface area contributed by atoms with Crippen LogP contribution in [0.4, 0.5) is 0 Å². The predicted octanol–water partition coefficient (Wildman–Crippen LogP) is 0.830. The number of amides is 3. The Morgan fingerprint density at radius 3 is 2.38 bits per heavy atom. The van der Waals surface area contributed by atoms with E-state index in [0.717, 1.165) is 12.0 Å². The number of hydrogen-bond donors (Lipinski definition) is 4. The fourth-order valence-corrected chi connectivity index (χ4v) is 2.59. The Bertz CT molecular complexity index is 652. The van der Waals surface area contributed by atoms with E-state index in [2.05, 4.69) is 16.0 Å². The first-order valence-electron chi connectivity index (χ1n) is 9.36. The summed E-state index contributed by atoms with van der Waals surface area (Å²) in [4.78, 5) is 44.9. The minimum atomic E-state index is -1.13. The van der Waals surface area contributed by atoms with Crippen molar-refractivity contribution in [2.45, 2.75) is 51.5 Å². The minimum absolute atomic E-state index is 0. The van der Waals surface area contributed by atoms with Crippen LogP contribution in [-0.2, 0) is 25.6 Å². The maximum absolute atomic E-state index is 11.9. The zero-order chi connectivity index (χ0) is 20.8. The molecule has 8 nitrogen and oxygen atoms in total. The van der Waals surface area contributed by atoms with E-state index in [1.54, 1.807) is 0 Å². The third-order valence-electron chi connectivity index (χ3n) is 4.19. The maximum atomic E-state index is 11.9. The standard InChI is InChI=1S/C20H28N3O5.Fm/c1-15-8-10-16(11-9-15)5-4-7-18(25)22-13-19(26)23-17(20(27)28)6-2-3-12-21-14-24;/h8-11,17H,2-7,12-13H2,1H3,(H,21,24)(H,22,25)(H,23,26)(H,27,28);/q-1;. The van der Waals surface area contributed by atoms with Gasteiger partial charge in [-0.25, -0.2) is 4.79 Å². The number of nitrogens with one attached hydrogen (secondary N) is 3. The molecular weight excluding hydrogens is 619 g/mol. The Morgan fingerprint density at radius 2 is 1.76 bits per heavy atom. The fourth-order valence-electron chi connectivity index (χ4n) is 2.59. The third-order valence-corrected chi connectivity index (χ3v) is 4.19. The first kappa shape index (κ1) is 25.1. The molecule has 1 aromatic rings. The Hall–Kier alpha value is -3.90. The van der Waals surface area contributed by atoms with Crippen LogP contribution >= 0.6 is 0 Å². The van der Waals surface area contributed by atoms with E-state index in [1.165, 1.54) is 12.0 Å². The van der Waals surface area contributed by atoms with E-state index < -0.39 is 17.9 Å². The Kier molecular flexibility index (Phi) is 12.3. The Morgan fingerprint density at radius 1 is 1.07 bits per heavy atom. The number of rotatable bonds is 14. The second kappa shape index (κ2) is 14.2. The molecule has 29 heavy (non-hydrogen) atoms. The molecule has 0 spiro atoms. The van der Waals surface area contributed by atoms with Crippen molar-refractivity contribution in [1.82, 2.24) is 16.0 Å². The number of aryl methyl sites for hydroxylation is 2. The molecule has 0 saturated carbocycles. The second-order valence-corrected chi connectivity index (χ2v) is 6.60. The van der Waals surface area contributed by atoms with Gasteiger partial charge < -0.3 is 25.9 Å². The molecular formula is C20H28FmN3O5-.